The van der Waals surface area contributed by atoms with Crippen LogP contribution in [0.3, 0.4) is 0 Å². The second-order valence-corrected chi connectivity index (χ2v) is 7.60. The Morgan fingerprint density at radius 2 is 1.65 bits per heavy atom. The van der Waals surface area contributed by atoms with E-state index >= 15 is 0 Å². The van der Waals surface area contributed by atoms with Gasteiger partial charge in [0.2, 0.25) is 0 Å². The number of hydrogen-bond acceptors (Lipinski definition) is 7. The molecule has 176 valence electrons. The summed E-state index contributed by atoms with van der Waals surface area (Å²) in [5, 5.41) is 21.3. The molecule has 1 aliphatic rings. The lowest BCUT2D eigenvalue weighted by molar-refractivity contribution is -0.142. The molecule has 0 spiro atoms. The van der Waals surface area contributed by atoms with Crippen molar-refractivity contribution in [3.8, 4) is 11.1 Å². The summed E-state index contributed by atoms with van der Waals surface area (Å²) < 4.78 is 0. The number of amides is 1. The molecule has 0 radical (unpaired) electrons. The molecule has 34 heavy (non-hydrogen) atoms. The van der Waals surface area contributed by atoms with Gasteiger partial charge in [-0.2, -0.15) is 0 Å². The Morgan fingerprint density at radius 1 is 0.941 bits per heavy atom. The maximum atomic E-state index is 12.6. The SMILES string of the molecule is Cl.O=C(Nc1cc(C(=O)O)c(-c2ccccc2)cn1)c1cnc(N2CCC(C(=O)O)CC2)cn1. The molecule has 3 N–H and O–H groups in total. The van der Waals surface area contributed by atoms with Gasteiger partial charge in [-0.25, -0.2) is 19.7 Å². The lowest BCUT2D eigenvalue weighted by Crippen LogP contribution is -2.36. The molecule has 0 bridgehead atoms. The molecular weight excluding hydrogens is 462 g/mol. The summed E-state index contributed by atoms with van der Waals surface area (Å²) in [6.45, 7) is 1.10. The van der Waals surface area contributed by atoms with Crippen LogP contribution in [-0.2, 0) is 4.79 Å². The Morgan fingerprint density at radius 3 is 2.24 bits per heavy atom. The Bertz CT molecular complexity index is 1180. The van der Waals surface area contributed by atoms with Gasteiger partial charge in [0.15, 0.2) is 0 Å². The molecule has 10 nitrogen and oxygen atoms in total. The fraction of sp³-hybridized carbons (Fsp3) is 0.217. The van der Waals surface area contributed by atoms with Gasteiger partial charge in [-0.3, -0.25) is 9.59 Å². The highest BCUT2D eigenvalue weighted by molar-refractivity contribution is 6.03. The third-order valence-corrected chi connectivity index (χ3v) is 5.50. The monoisotopic (exact) mass is 483 g/mol. The van der Waals surface area contributed by atoms with Crippen molar-refractivity contribution in [2.75, 3.05) is 23.3 Å². The summed E-state index contributed by atoms with van der Waals surface area (Å²) in [5.41, 5.74) is 1.20. The van der Waals surface area contributed by atoms with E-state index in [1.807, 2.05) is 11.0 Å². The van der Waals surface area contributed by atoms with Crippen molar-refractivity contribution in [3.63, 3.8) is 0 Å². The molecule has 1 aromatic carbocycles. The third-order valence-electron chi connectivity index (χ3n) is 5.50. The van der Waals surface area contributed by atoms with Gasteiger partial charge in [0.1, 0.15) is 17.3 Å². The highest BCUT2D eigenvalue weighted by Crippen LogP contribution is 2.25. The van der Waals surface area contributed by atoms with E-state index in [1.54, 1.807) is 24.3 Å². The predicted octanol–water partition coefficient (Wildman–Crippen LogP) is 3.21. The Kier molecular flexibility index (Phi) is 7.75. The van der Waals surface area contributed by atoms with E-state index in [1.165, 1.54) is 24.7 Å². The molecule has 0 atom stereocenters. The number of carbonyl (C=O) groups is 3. The molecule has 1 saturated heterocycles. The highest BCUT2D eigenvalue weighted by Gasteiger charge is 2.25. The smallest absolute Gasteiger partial charge is 0.336 e. The van der Waals surface area contributed by atoms with Crippen molar-refractivity contribution in [1.82, 2.24) is 15.0 Å². The van der Waals surface area contributed by atoms with Crippen LogP contribution in [0.15, 0.2) is 55.0 Å². The van der Waals surface area contributed by atoms with E-state index in [0.29, 0.717) is 42.9 Å². The van der Waals surface area contributed by atoms with Gasteiger partial charge in [0.05, 0.1) is 23.9 Å². The standard InChI is InChI=1S/C23H21N5O5.ClH/c29-21(18-12-26-20(13-24-18)28-8-6-15(7-9-28)22(30)31)27-19-10-16(23(32)33)17(11-25-19)14-4-2-1-3-5-14;/h1-5,10-13,15H,6-9H2,(H,30,31)(H,32,33)(H,25,27,29);1H. The van der Waals surface area contributed by atoms with Crippen LogP contribution in [0.5, 0.6) is 0 Å². The summed E-state index contributed by atoms with van der Waals surface area (Å²) in [7, 11) is 0. The first-order valence-corrected chi connectivity index (χ1v) is 10.3. The number of aliphatic carboxylic acids is 1. The third kappa shape index (κ3) is 5.46. The number of carbonyl (C=O) groups excluding carboxylic acids is 1. The first-order chi connectivity index (χ1) is 15.9. The van der Waals surface area contributed by atoms with Crippen LogP contribution < -0.4 is 10.2 Å². The summed E-state index contributed by atoms with van der Waals surface area (Å²) >= 11 is 0. The topological polar surface area (TPSA) is 146 Å². The van der Waals surface area contributed by atoms with Gasteiger partial charge in [-0.15, -0.1) is 12.4 Å². The van der Waals surface area contributed by atoms with Gasteiger partial charge in [-0.1, -0.05) is 30.3 Å². The predicted molar refractivity (Wildman–Crippen MR) is 126 cm³/mol. The normalized spacial score (nSPS) is 13.6. The summed E-state index contributed by atoms with van der Waals surface area (Å²) in [5.74, 6) is -2.20. The lowest BCUT2D eigenvalue weighted by Gasteiger charge is -2.30. The van der Waals surface area contributed by atoms with Crippen LogP contribution in [-0.4, -0.2) is 56.1 Å². The molecule has 0 aliphatic carbocycles. The van der Waals surface area contributed by atoms with E-state index in [2.05, 4.69) is 20.3 Å². The summed E-state index contributed by atoms with van der Waals surface area (Å²) in [6, 6.07) is 10.3. The number of pyridine rings is 1. The van der Waals surface area contributed by atoms with E-state index in [-0.39, 0.29) is 35.4 Å². The average molecular weight is 484 g/mol. The zero-order valence-corrected chi connectivity index (χ0v) is 18.7. The molecular formula is C23H22ClN5O5. The summed E-state index contributed by atoms with van der Waals surface area (Å²) in [6.07, 6.45) is 5.24. The molecule has 3 aromatic rings. The molecule has 0 saturated carbocycles. The minimum atomic E-state index is -1.14. The van der Waals surface area contributed by atoms with Crippen LogP contribution in [0.4, 0.5) is 11.6 Å². The zero-order chi connectivity index (χ0) is 23.4. The van der Waals surface area contributed by atoms with E-state index in [9.17, 15) is 19.5 Å². The molecule has 1 fully saturated rings. The number of nitrogens with zero attached hydrogens (tertiary/aromatic N) is 4. The van der Waals surface area contributed by atoms with Crippen molar-refractivity contribution >= 4 is 41.9 Å². The van der Waals surface area contributed by atoms with Gasteiger partial charge < -0.3 is 20.4 Å². The minimum Gasteiger partial charge on any atom is -0.481 e. The van der Waals surface area contributed by atoms with Gasteiger partial charge in [0.25, 0.3) is 5.91 Å². The number of carboxylic acids is 2. The largest absolute Gasteiger partial charge is 0.481 e. The van der Waals surface area contributed by atoms with Gasteiger partial charge in [0, 0.05) is 24.8 Å². The maximum absolute atomic E-state index is 12.6. The van der Waals surface area contributed by atoms with Crippen LogP contribution >= 0.6 is 12.4 Å². The number of aromatic carboxylic acids is 1. The quantitative estimate of drug-likeness (QED) is 0.480. The number of halogens is 1. The maximum Gasteiger partial charge on any atom is 0.336 e. The fourth-order valence-electron chi connectivity index (χ4n) is 3.69. The molecule has 3 heterocycles. The molecule has 2 aromatic heterocycles. The molecule has 1 amide bonds. The highest BCUT2D eigenvalue weighted by atomic mass is 35.5. The second kappa shape index (κ2) is 10.7. The van der Waals surface area contributed by atoms with Crippen molar-refractivity contribution in [2.24, 2.45) is 5.92 Å². The second-order valence-electron chi connectivity index (χ2n) is 7.60. The number of anilines is 2. The molecule has 4 rings (SSSR count). The number of aromatic nitrogens is 3. The van der Waals surface area contributed by atoms with Crippen molar-refractivity contribution in [2.45, 2.75) is 12.8 Å². The van der Waals surface area contributed by atoms with Crippen LogP contribution in [0.1, 0.15) is 33.7 Å². The van der Waals surface area contributed by atoms with Gasteiger partial charge in [-0.05, 0) is 24.5 Å². The number of carboxylic acid groups (broad SMARTS) is 2. The minimum absolute atomic E-state index is 0. The molecule has 0 unspecified atom stereocenters. The average Bonchev–Trinajstić information content (AvgIpc) is 2.84. The number of piperidine rings is 1. The Hall–Kier alpha value is -4.05. The fourth-order valence-corrected chi connectivity index (χ4v) is 3.69. The Labute approximate surface area is 201 Å². The van der Waals surface area contributed by atoms with Gasteiger partial charge >= 0.3 is 11.9 Å². The van der Waals surface area contributed by atoms with Crippen molar-refractivity contribution < 1.29 is 24.6 Å². The van der Waals surface area contributed by atoms with E-state index in [4.69, 9.17) is 5.11 Å². The first kappa shape index (κ1) is 24.6. The lowest BCUT2D eigenvalue weighted by atomic mass is 9.97. The zero-order valence-electron chi connectivity index (χ0n) is 17.9. The van der Waals surface area contributed by atoms with Crippen LogP contribution in [0.2, 0.25) is 0 Å². The Balaban J connectivity index is 0.00000324. The van der Waals surface area contributed by atoms with E-state index < -0.39 is 17.8 Å². The van der Waals surface area contributed by atoms with Crippen LogP contribution in [0.25, 0.3) is 11.1 Å². The number of hydrogen-bond donors (Lipinski definition) is 3. The van der Waals surface area contributed by atoms with Crippen LogP contribution in [0, 0.1) is 5.92 Å². The molecule has 11 heteroatoms. The van der Waals surface area contributed by atoms with Crippen molar-refractivity contribution in [3.05, 3.63) is 66.2 Å². The summed E-state index contributed by atoms with van der Waals surface area (Å²) in [4.78, 5) is 49.9. The molecule has 1 aliphatic heterocycles. The van der Waals surface area contributed by atoms with Crippen molar-refractivity contribution in [1.29, 1.82) is 0 Å². The van der Waals surface area contributed by atoms with E-state index in [0.717, 1.165) is 0 Å². The first-order valence-electron chi connectivity index (χ1n) is 10.3. The number of rotatable bonds is 6. The number of nitrogens with one attached hydrogen (secondary N) is 1. The number of benzene rings is 1.